The van der Waals surface area contributed by atoms with Crippen LogP contribution in [0.2, 0.25) is 0 Å². The third-order valence-corrected chi connectivity index (χ3v) is 4.65. The van der Waals surface area contributed by atoms with Crippen LogP contribution in [0.25, 0.3) is 10.8 Å². The summed E-state index contributed by atoms with van der Waals surface area (Å²) in [6.45, 7) is 1.84. The molecule has 2 heterocycles. The molecule has 2 aromatic heterocycles. The molecule has 0 N–H and O–H groups in total. The van der Waals surface area contributed by atoms with Crippen LogP contribution < -0.4 is 0 Å². The maximum Gasteiger partial charge on any atom is 0.257 e. The molecule has 0 saturated heterocycles. The second-order valence-corrected chi connectivity index (χ2v) is 6.47. The first kappa shape index (κ1) is 12.2. The first-order chi connectivity index (χ1) is 8.74. The van der Waals surface area contributed by atoms with E-state index in [2.05, 4.69) is 16.3 Å². The van der Waals surface area contributed by atoms with Gasteiger partial charge in [0, 0.05) is 4.88 Å². The maximum atomic E-state index is 5.93. The summed E-state index contributed by atoms with van der Waals surface area (Å²) in [5, 5.41) is 7.83. The predicted molar refractivity (Wildman–Crippen MR) is 73.1 cm³/mol. The second-order valence-electron chi connectivity index (χ2n) is 4.68. The van der Waals surface area contributed by atoms with Crippen molar-refractivity contribution in [3.05, 3.63) is 22.4 Å². The number of halogens is 1. The van der Waals surface area contributed by atoms with Crippen LogP contribution in [0.15, 0.2) is 10.5 Å². The SMILES string of the molecule is CC(Cl)c1nnc(-c2cc3c(s2)CCCCC3)o1. The molecule has 5 heteroatoms. The number of hydrogen-bond donors (Lipinski definition) is 0. The van der Waals surface area contributed by atoms with Crippen LogP contribution in [0.1, 0.15) is 47.9 Å². The highest BCUT2D eigenvalue weighted by molar-refractivity contribution is 7.15. The number of aryl methyl sites for hydroxylation is 2. The molecule has 1 aliphatic rings. The number of rotatable bonds is 2. The Morgan fingerprint density at radius 2 is 2.11 bits per heavy atom. The zero-order valence-electron chi connectivity index (χ0n) is 10.3. The Kier molecular flexibility index (Phi) is 3.39. The largest absolute Gasteiger partial charge is 0.418 e. The normalized spacial score (nSPS) is 17.2. The van der Waals surface area contributed by atoms with Crippen molar-refractivity contribution >= 4 is 22.9 Å². The monoisotopic (exact) mass is 282 g/mol. The summed E-state index contributed by atoms with van der Waals surface area (Å²) >= 11 is 7.72. The molecule has 0 amide bonds. The van der Waals surface area contributed by atoms with Crippen molar-refractivity contribution in [3.8, 4) is 10.8 Å². The number of hydrogen-bond acceptors (Lipinski definition) is 4. The Balaban J connectivity index is 1.92. The van der Waals surface area contributed by atoms with E-state index in [1.54, 1.807) is 11.3 Å². The number of thiophene rings is 1. The van der Waals surface area contributed by atoms with Gasteiger partial charge in [0.2, 0.25) is 5.89 Å². The number of fused-ring (bicyclic) bond motifs is 1. The maximum absolute atomic E-state index is 5.93. The first-order valence-electron chi connectivity index (χ1n) is 6.33. The summed E-state index contributed by atoms with van der Waals surface area (Å²) in [6, 6.07) is 2.21. The van der Waals surface area contributed by atoms with E-state index < -0.39 is 0 Å². The molecule has 0 saturated carbocycles. The Bertz CT molecular complexity index is 523. The number of nitrogens with zero attached hydrogens (tertiary/aromatic N) is 2. The second kappa shape index (κ2) is 5.02. The molecule has 0 radical (unpaired) electrons. The molecular weight excluding hydrogens is 268 g/mol. The molecule has 1 unspecified atom stereocenters. The minimum atomic E-state index is -0.232. The quantitative estimate of drug-likeness (QED) is 0.606. The molecule has 18 heavy (non-hydrogen) atoms. The lowest BCUT2D eigenvalue weighted by Gasteiger charge is -1.92. The van der Waals surface area contributed by atoms with E-state index >= 15 is 0 Å². The van der Waals surface area contributed by atoms with Gasteiger partial charge in [0.15, 0.2) is 0 Å². The topological polar surface area (TPSA) is 38.9 Å². The summed E-state index contributed by atoms with van der Waals surface area (Å²) in [5.41, 5.74) is 1.46. The molecule has 0 bridgehead atoms. The zero-order valence-corrected chi connectivity index (χ0v) is 11.9. The van der Waals surface area contributed by atoms with Crippen molar-refractivity contribution in [2.75, 3.05) is 0 Å². The van der Waals surface area contributed by atoms with Crippen molar-refractivity contribution < 1.29 is 4.42 Å². The van der Waals surface area contributed by atoms with Gasteiger partial charge in [0.1, 0.15) is 5.38 Å². The Morgan fingerprint density at radius 1 is 1.28 bits per heavy atom. The van der Waals surface area contributed by atoms with Crippen LogP contribution in [-0.2, 0) is 12.8 Å². The summed E-state index contributed by atoms with van der Waals surface area (Å²) in [7, 11) is 0. The first-order valence-corrected chi connectivity index (χ1v) is 7.59. The minimum absolute atomic E-state index is 0.232. The smallest absolute Gasteiger partial charge is 0.257 e. The number of aromatic nitrogens is 2. The zero-order chi connectivity index (χ0) is 12.5. The van der Waals surface area contributed by atoms with Crippen LogP contribution >= 0.6 is 22.9 Å². The van der Waals surface area contributed by atoms with E-state index in [0.717, 1.165) is 4.88 Å². The third kappa shape index (κ3) is 2.31. The molecule has 2 aromatic rings. The van der Waals surface area contributed by atoms with Gasteiger partial charge in [0.25, 0.3) is 5.89 Å². The van der Waals surface area contributed by atoms with Crippen molar-refractivity contribution in [1.29, 1.82) is 0 Å². The highest BCUT2D eigenvalue weighted by atomic mass is 35.5. The van der Waals surface area contributed by atoms with Gasteiger partial charge in [-0.3, -0.25) is 0 Å². The standard InChI is InChI=1S/C13H15ClN2OS/c1-8(14)12-15-16-13(17-12)11-7-9-5-3-2-4-6-10(9)18-11/h7-8H,2-6H2,1H3. The Labute approximate surface area is 115 Å². The summed E-state index contributed by atoms with van der Waals surface area (Å²) in [5.74, 6) is 1.10. The Morgan fingerprint density at radius 3 is 2.89 bits per heavy atom. The van der Waals surface area contributed by atoms with E-state index in [4.69, 9.17) is 16.0 Å². The Hall–Kier alpha value is -0.870. The van der Waals surface area contributed by atoms with Crippen LogP contribution in [0, 0.1) is 0 Å². The van der Waals surface area contributed by atoms with E-state index in [-0.39, 0.29) is 5.38 Å². The van der Waals surface area contributed by atoms with Crippen molar-refractivity contribution in [2.24, 2.45) is 0 Å². The van der Waals surface area contributed by atoms with Gasteiger partial charge in [0.05, 0.1) is 4.88 Å². The van der Waals surface area contributed by atoms with Gasteiger partial charge >= 0.3 is 0 Å². The highest BCUT2D eigenvalue weighted by Gasteiger charge is 2.18. The molecule has 0 spiro atoms. The van der Waals surface area contributed by atoms with Crippen molar-refractivity contribution in [1.82, 2.24) is 10.2 Å². The van der Waals surface area contributed by atoms with E-state index in [0.29, 0.717) is 11.8 Å². The van der Waals surface area contributed by atoms with E-state index in [1.165, 1.54) is 42.5 Å². The van der Waals surface area contributed by atoms with Crippen LogP contribution in [0.3, 0.4) is 0 Å². The lowest BCUT2D eigenvalue weighted by molar-refractivity contribution is 0.508. The van der Waals surface area contributed by atoms with Gasteiger partial charge in [-0.25, -0.2) is 0 Å². The lowest BCUT2D eigenvalue weighted by atomic mass is 10.1. The van der Waals surface area contributed by atoms with E-state index in [9.17, 15) is 0 Å². The van der Waals surface area contributed by atoms with Gasteiger partial charge in [-0.2, -0.15) is 0 Å². The van der Waals surface area contributed by atoms with Gasteiger partial charge in [-0.05, 0) is 44.2 Å². The fourth-order valence-electron chi connectivity index (χ4n) is 2.27. The minimum Gasteiger partial charge on any atom is -0.418 e. The fourth-order valence-corrected chi connectivity index (χ4v) is 3.53. The highest BCUT2D eigenvalue weighted by Crippen LogP contribution is 2.35. The molecule has 0 fully saturated rings. The van der Waals surface area contributed by atoms with Crippen LogP contribution in [0.4, 0.5) is 0 Å². The predicted octanol–water partition coefficient (Wildman–Crippen LogP) is 4.37. The van der Waals surface area contributed by atoms with Crippen molar-refractivity contribution in [3.63, 3.8) is 0 Å². The summed E-state index contributed by atoms with van der Waals surface area (Å²) in [6.07, 6.45) is 6.29. The molecule has 3 nitrogen and oxygen atoms in total. The average molecular weight is 283 g/mol. The van der Waals surface area contributed by atoms with Gasteiger partial charge in [-0.15, -0.1) is 33.1 Å². The fraction of sp³-hybridized carbons (Fsp3) is 0.538. The average Bonchev–Trinajstić information content (AvgIpc) is 2.92. The number of alkyl halides is 1. The summed E-state index contributed by atoms with van der Waals surface area (Å²) < 4.78 is 5.60. The molecule has 3 rings (SSSR count). The third-order valence-electron chi connectivity index (χ3n) is 3.24. The van der Waals surface area contributed by atoms with E-state index in [1.807, 2.05) is 6.92 Å². The summed E-state index contributed by atoms with van der Waals surface area (Å²) in [4.78, 5) is 2.57. The molecule has 0 aromatic carbocycles. The lowest BCUT2D eigenvalue weighted by Crippen LogP contribution is -1.81. The molecule has 1 atom stereocenters. The molecule has 1 aliphatic carbocycles. The molecular formula is C13H15ClN2OS. The van der Waals surface area contributed by atoms with Gasteiger partial charge < -0.3 is 4.42 Å². The van der Waals surface area contributed by atoms with Crippen molar-refractivity contribution in [2.45, 2.75) is 44.4 Å². The molecule has 0 aliphatic heterocycles. The van der Waals surface area contributed by atoms with Crippen LogP contribution in [-0.4, -0.2) is 10.2 Å². The van der Waals surface area contributed by atoms with Crippen LogP contribution in [0.5, 0.6) is 0 Å². The van der Waals surface area contributed by atoms with Gasteiger partial charge in [-0.1, -0.05) is 6.42 Å². The molecule has 96 valence electrons.